The Morgan fingerprint density at radius 3 is 0.461 bits per heavy atom. The summed E-state index contributed by atoms with van der Waals surface area (Å²) >= 11 is 0. The molecule has 0 fully saturated rings. The molecule has 0 atom stereocenters. The Balaban J connectivity index is -0.0000000233. The normalized spacial score (nSPS) is 7.62. The van der Waals surface area contributed by atoms with Gasteiger partial charge in [0.15, 0.2) is 0 Å². The van der Waals surface area contributed by atoms with E-state index in [2.05, 4.69) is 42.0 Å². The fourth-order valence-electron chi connectivity index (χ4n) is 3.42. The second-order valence-electron chi connectivity index (χ2n) is 13.9. The molecular weight excluding hydrogens is 1150 g/mol. The number of hydrogen-bond donors (Lipinski definition) is 4. The van der Waals surface area contributed by atoms with Gasteiger partial charge in [-0.15, -0.1) is 0 Å². The lowest BCUT2D eigenvalue weighted by molar-refractivity contribution is -0.128. The van der Waals surface area contributed by atoms with Crippen LogP contribution in [0.15, 0.2) is 0 Å². The molecular formula is C66H170N4O19. The average molecular weight is 1320 g/mol. The molecule has 0 spiro atoms. The third kappa shape index (κ3) is 226. The number of carbonyl (C=O) groups excluding carboxylic acids is 8. The van der Waals surface area contributed by atoms with E-state index in [1.807, 2.05) is 27.7 Å². The Hall–Kier alpha value is -3.88. The van der Waals surface area contributed by atoms with Crippen LogP contribution >= 0.6 is 0 Å². The fourth-order valence-corrected chi connectivity index (χ4v) is 3.42. The van der Waals surface area contributed by atoms with Crippen LogP contribution in [0.1, 0.15) is 229 Å². The van der Waals surface area contributed by atoms with Gasteiger partial charge in [-0.25, -0.2) is 0 Å². The van der Waals surface area contributed by atoms with Gasteiger partial charge in [0.05, 0.1) is 79.0 Å². The summed E-state index contributed by atoms with van der Waals surface area (Å²) in [4.78, 5) is 85.8. The monoisotopic (exact) mass is 1320 g/mol. The summed E-state index contributed by atoms with van der Waals surface area (Å²) in [7, 11) is 5.14. The van der Waals surface area contributed by atoms with E-state index in [1.54, 1.807) is 21.3 Å². The lowest BCUT2D eigenvalue weighted by Gasteiger charge is -2.04. The first-order valence-corrected chi connectivity index (χ1v) is 24.0. The second kappa shape index (κ2) is 156. The number of ether oxygens (including phenoxy) is 11. The SMILES string of the molecule is C.C.C.C.C.C.C.C.C.C.C.C.C.C.C.C.C.C.CCCOC.CCCOC.CCCOC.CCOCCOCC(=O)NCC(C)=O.CCOCCOCC(=O)NCC(C)=O.CCOCCOCC(=O)NCC(C)=O.CCOCCOCC(=O)NCC(C)=O. The summed E-state index contributed by atoms with van der Waals surface area (Å²) in [6.45, 7) is 28.3. The van der Waals surface area contributed by atoms with Crippen LogP contribution in [0.5, 0.6) is 0 Å². The molecule has 0 bridgehead atoms. The van der Waals surface area contributed by atoms with Crippen molar-refractivity contribution in [2.24, 2.45) is 0 Å². The van der Waals surface area contributed by atoms with Gasteiger partial charge in [-0.05, 0) is 74.7 Å². The highest BCUT2D eigenvalue weighted by Gasteiger charge is 2.04. The van der Waals surface area contributed by atoms with Crippen molar-refractivity contribution in [2.75, 3.05) is 173 Å². The molecule has 0 aromatic heterocycles. The van der Waals surface area contributed by atoms with Crippen LogP contribution < -0.4 is 21.3 Å². The van der Waals surface area contributed by atoms with Crippen LogP contribution in [-0.2, 0) is 90.5 Å². The van der Waals surface area contributed by atoms with Gasteiger partial charge in [-0.2, -0.15) is 0 Å². The molecule has 23 heteroatoms. The molecule has 4 N–H and O–H groups in total. The molecule has 0 heterocycles. The number of Topliss-reactive ketones (excluding diaryl/α,β-unsaturated/α-hetero) is 4. The van der Waals surface area contributed by atoms with Crippen molar-refractivity contribution < 1.29 is 90.5 Å². The molecule has 0 aliphatic rings. The van der Waals surface area contributed by atoms with Gasteiger partial charge >= 0.3 is 0 Å². The predicted molar refractivity (Wildman–Crippen MR) is 392 cm³/mol. The first kappa shape index (κ1) is 167. The maximum absolute atomic E-state index is 11.0. The van der Waals surface area contributed by atoms with Crippen molar-refractivity contribution in [1.82, 2.24) is 21.3 Å². The Bertz CT molecular complexity index is 1030. The average Bonchev–Trinajstić information content (AvgIpc) is 3.33. The van der Waals surface area contributed by atoms with E-state index in [0.29, 0.717) is 79.3 Å². The first-order valence-electron chi connectivity index (χ1n) is 24.0. The Kier molecular flexibility index (Phi) is 291. The molecule has 0 rings (SSSR count). The third-order valence-corrected chi connectivity index (χ3v) is 6.60. The number of hydrogen-bond acceptors (Lipinski definition) is 19. The molecule has 0 aromatic carbocycles. The van der Waals surface area contributed by atoms with Gasteiger partial charge in [0.2, 0.25) is 23.6 Å². The smallest absolute Gasteiger partial charge is 0.246 e. The minimum Gasteiger partial charge on any atom is -0.385 e. The molecule has 4 amide bonds. The van der Waals surface area contributed by atoms with Crippen LogP contribution in [0, 0.1) is 0 Å². The summed E-state index contributed by atoms with van der Waals surface area (Å²) in [5.41, 5.74) is 0. The zero-order valence-electron chi connectivity index (χ0n) is 46.1. The summed E-state index contributed by atoms with van der Waals surface area (Å²) in [6.07, 6.45) is 3.36. The predicted octanol–water partition coefficient (Wildman–Crippen LogP) is 13.6. The van der Waals surface area contributed by atoms with Crippen molar-refractivity contribution in [3.63, 3.8) is 0 Å². The minimum absolute atomic E-state index is 0. The lowest BCUT2D eigenvalue weighted by atomic mass is 10.4. The molecule has 0 aliphatic heterocycles. The molecule has 568 valence electrons. The van der Waals surface area contributed by atoms with Gasteiger partial charge in [0.1, 0.15) is 49.6 Å². The number of nitrogens with one attached hydrogen (secondary N) is 4. The summed E-state index contributed by atoms with van der Waals surface area (Å²) in [6, 6.07) is 0. The van der Waals surface area contributed by atoms with E-state index in [9.17, 15) is 38.4 Å². The van der Waals surface area contributed by atoms with E-state index in [0.717, 1.165) is 39.1 Å². The largest absolute Gasteiger partial charge is 0.385 e. The van der Waals surface area contributed by atoms with Gasteiger partial charge in [-0.3, -0.25) is 38.4 Å². The van der Waals surface area contributed by atoms with Gasteiger partial charge in [0.25, 0.3) is 0 Å². The van der Waals surface area contributed by atoms with E-state index >= 15 is 0 Å². The first-order chi connectivity index (χ1) is 33.9. The third-order valence-electron chi connectivity index (χ3n) is 6.60. The van der Waals surface area contributed by atoms with Crippen LogP contribution in [0.3, 0.4) is 0 Å². The van der Waals surface area contributed by atoms with Crippen LogP contribution in [0.4, 0.5) is 0 Å². The van der Waals surface area contributed by atoms with Crippen molar-refractivity contribution in [3.8, 4) is 0 Å². The quantitative estimate of drug-likeness (QED) is 0.0418. The summed E-state index contributed by atoms with van der Waals surface area (Å²) in [5, 5.41) is 9.67. The fraction of sp³-hybridized carbons (Fsp3) is 0.879. The highest BCUT2D eigenvalue weighted by molar-refractivity contribution is 5.86. The van der Waals surface area contributed by atoms with Crippen LogP contribution in [-0.4, -0.2) is 220 Å². The Morgan fingerprint density at radius 1 is 0.236 bits per heavy atom. The molecule has 89 heavy (non-hydrogen) atoms. The highest BCUT2D eigenvalue weighted by atomic mass is 16.5. The topological polar surface area (TPSA) is 286 Å². The van der Waals surface area contributed by atoms with Crippen LogP contribution in [0.25, 0.3) is 0 Å². The summed E-state index contributed by atoms with van der Waals surface area (Å²) < 4.78 is 54.0. The lowest BCUT2D eigenvalue weighted by Crippen LogP contribution is -2.31. The van der Waals surface area contributed by atoms with Crippen molar-refractivity contribution in [1.29, 1.82) is 0 Å². The summed E-state index contributed by atoms with van der Waals surface area (Å²) in [5.74, 6) is -1.43. The molecule has 0 saturated carbocycles. The number of methoxy groups -OCH3 is 3. The van der Waals surface area contributed by atoms with Crippen molar-refractivity contribution in [3.05, 3.63) is 0 Å². The zero-order chi connectivity index (χ0) is 55.6. The maximum Gasteiger partial charge on any atom is 0.246 e. The molecule has 23 nitrogen and oxygen atoms in total. The molecule has 0 aromatic rings. The van der Waals surface area contributed by atoms with E-state index in [4.69, 9.17) is 52.1 Å². The minimum atomic E-state index is -0.281. The number of carbonyl (C=O) groups is 8. The second-order valence-corrected chi connectivity index (χ2v) is 13.9. The Morgan fingerprint density at radius 2 is 0.371 bits per heavy atom. The van der Waals surface area contributed by atoms with Crippen molar-refractivity contribution in [2.45, 2.75) is 229 Å². The van der Waals surface area contributed by atoms with Gasteiger partial charge < -0.3 is 73.4 Å². The van der Waals surface area contributed by atoms with E-state index in [1.165, 1.54) is 27.7 Å². The Labute approximate surface area is 558 Å². The molecule has 0 unspecified atom stereocenters. The number of rotatable bonds is 38. The van der Waals surface area contributed by atoms with E-state index < -0.39 is 0 Å². The van der Waals surface area contributed by atoms with Gasteiger partial charge in [0, 0.05) is 67.6 Å². The standard InChI is InChI=1S/4C9H17NO4.3C4H10O.18CH4/c4*1-3-13-4-5-14-7-9(12)10-6-8(2)11;3*1-3-4-5-2;;;;;;;;;;;;;;;;;;/h4*3-7H2,1-2H3,(H,10,12);3*3-4H2,1-2H3;18*1H4. The van der Waals surface area contributed by atoms with Crippen LogP contribution in [0.2, 0.25) is 0 Å². The molecule has 0 saturated heterocycles. The molecule has 0 aliphatic carbocycles. The molecule has 0 radical (unpaired) electrons. The maximum atomic E-state index is 11.0. The zero-order valence-corrected chi connectivity index (χ0v) is 46.1. The van der Waals surface area contributed by atoms with Gasteiger partial charge in [-0.1, -0.05) is 154 Å². The number of ketones is 4. The van der Waals surface area contributed by atoms with Crippen molar-refractivity contribution >= 4 is 46.8 Å². The number of amides is 4. The highest BCUT2D eigenvalue weighted by Crippen LogP contribution is 1.82. The van der Waals surface area contributed by atoms with E-state index in [-0.39, 0.29) is 233 Å².